The quantitative estimate of drug-likeness (QED) is 0.778. The Morgan fingerprint density at radius 3 is 2.68 bits per heavy atom. The van der Waals surface area contributed by atoms with Crippen molar-refractivity contribution in [3.05, 3.63) is 35.4 Å². The summed E-state index contributed by atoms with van der Waals surface area (Å²) in [5.41, 5.74) is 1.93. The van der Waals surface area contributed by atoms with Gasteiger partial charge in [-0.2, -0.15) is 0 Å². The topological polar surface area (TPSA) is 29.5 Å². The van der Waals surface area contributed by atoms with Crippen molar-refractivity contribution >= 4 is 21.8 Å². The Balaban J connectivity index is 2.01. The highest BCUT2D eigenvalue weighted by Crippen LogP contribution is 2.15. The van der Waals surface area contributed by atoms with Crippen molar-refractivity contribution in [1.82, 2.24) is 4.90 Å². The molecule has 1 aliphatic heterocycles. The summed E-state index contributed by atoms with van der Waals surface area (Å²) >= 11 is 3.41. The highest BCUT2D eigenvalue weighted by molar-refractivity contribution is 9.08. The van der Waals surface area contributed by atoms with Gasteiger partial charge < -0.3 is 9.64 Å². The van der Waals surface area contributed by atoms with Gasteiger partial charge >= 0.3 is 0 Å². The predicted molar refractivity (Wildman–Crippen MR) is 79.6 cm³/mol. The summed E-state index contributed by atoms with van der Waals surface area (Å²) in [5, 5.41) is 0.814. The van der Waals surface area contributed by atoms with Crippen LogP contribution in [-0.4, -0.2) is 36.6 Å². The molecule has 0 aromatic heterocycles. The number of rotatable bonds is 5. The normalized spacial score (nSPS) is 18.5. The highest BCUT2D eigenvalue weighted by Gasteiger charge is 2.22. The lowest BCUT2D eigenvalue weighted by atomic mass is 10.1. The maximum absolute atomic E-state index is 12.4. The maximum atomic E-state index is 12.4. The second-order valence-corrected chi connectivity index (χ2v) is 5.37. The third-order valence-electron chi connectivity index (χ3n) is 3.47. The molecule has 104 valence electrons. The van der Waals surface area contributed by atoms with E-state index < -0.39 is 0 Å². The average Bonchev–Trinajstić information content (AvgIpc) is 2.97. The Hall–Kier alpha value is -0.870. The van der Waals surface area contributed by atoms with Crippen molar-refractivity contribution in [2.75, 3.05) is 19.7 Å². The van der Waals surface area contributed by atoms with Crippen molar-refractivity contribution in [2.45, 2.75) is 31.2 Å². The van der Waals surface area contributed by atoms with Crippen LogP contribution in [0.2, 0.25) is 0 Å². The van der Waals surface area contributed by atoms with E-state index in [4.69, 9.17) is 4.74 Å². The number of hydrogen-bond donors (Lipinski definition) is 0. The molecule has 2 rings (SSSR count). The van der Waals surface area contributed by atoms with Crippen LogP contribution in [0, 0.1) is 0 Å². The van der Waals surface area contributed by atoms with Crippen LogP contribution in [0.3, 0.4) is 0 Å². The van der Waals surface area contributed by atoms with Gasteiger partial charge in [0.05, 0.1) is 6.10 Å². The third-order valence-corrected chi connectivity index (χ3v) is 4.12. The van der Waals surface area contributed by atoms with Gasteiger partial charge in [-0.25, -0.2) is 0 Å². The molecule has 1 aromatic carbocycles. The molecule has 0 bridgehead atoms. The molecule has 1 fully saturated rings. The Kier molecular flexibility index (Phi) is 5.40. The molecule has 1 amide bonds. The van der Waals surface area contributed by atoms with E-state index in [0.29, 0.717) is 6.54 Å². The zero-order valence-electron chi connectivity index (χ0n) is 11.3. The molecule has 1 aromatic rings. The largest absolute Gasteiger partial charge is 0.376 e. The Morgan fingerprint density at radius 1 is 1.42 bits per heavy atom. The highest BCUT2D eigenvalue weighted by atomic mass is 79.9. The van der Waals surface area contributed by atoms with Gasteiger partial charge in [0.2, 0.25) is 0 Å². The molecule has 0 N–H and O–H groups in total. The van der Waals surface area contributed by atoms with E-state index in [0.717, 1.165) is 36.9 Å². The molecule has 0 aliphatic carbocycles. The van der Waals surface area contributed by atoms with Crippen molar-refractivity contribution in [1.29, 1.82) is 0 Å². The summed E-state index contributed by atoms with van der Waals surface area (Å²) in [4.78, 5) is 14.3. The van der Waals surface area contributed by atoms with E-state index in [-0.39, 0.29) is 12.0 Å². The Morgan fingerprint density at radius 2 is 2.16 bits per heavy atom. The van der Waals surface area contributed by atoms with Gasteiger partial charge in [-0.3, -0.25) is 4.79 Å². The van der Waals surface area contributed by atoms with Crippen LogP contribution in [0.1, 0.15) is 35.7 Å². The van der Waals surface area contributed by atoms with Gasteiger partial charge in [-0.05, 0) is 37.5 Å². The van der Waals surface area contributed by atoms with Gasteiger partial charge in [0.15, 0.2) is 0 Å². The smallest absolute Gasteiger partial charge is 0.253 e. The number of alkyl halides is 1. The molecule has 0 saturated carbocycles. The van der Waals surface area contributed by atoms with E-state index in [1.54, 1.807) is 0 Å². The van der Waals surface area contributed by atoms with Crippen LogP contribution in [0.5, 0.6) is 0 Å². The van der Waals surface area contributed by atoms with Crippen LogP contribution in [0.15, 0.2) is 24.3 Å². The fraction of sp³-hybridized carbons (Fsp3) is 0.533. The third kappa shape index (κ3) is 3.80. The van der Waals surface area contributed by atoms with E-state index in [9.17, 15) is 4.79 Å². The number of nitrogens with zero attached hydrogens (tertiary/aromatic N) is 1. The van der Waals surface area contributed by atoms with Gasteiger partial charge in [-0.15, -0.1) is 0 Å². The second kappa shape index (κ2) is 7.06. The molecule has 19 heavy (non-hydrogen) atoms. The zero-order valence-corrected chi connectivity index (χ0v) is 12.9. The standard InChI is InChI=1S/C15H20BrNO2/c1-2-17(11-14-4-3-9-19-14)15(18)13-7-5-12(10-16)6-8-13/h5-8,14H,2-4,9-11H2,1H3. The molecule has 1 saturated heterocycles. The lowest BCUT2D eigenvalue weighted by Gasteiger charge is -2.24. The molecule has 0 radical (unpaired) electrons. The minimum absolute atomic E-state index is 0.0964. The minimum atomic E-state index is 0.0964. The number of carbonyl (C=O) groups is 1. The predicted octanol–water partition coefficient (Wildman–Crippen LogP) is 3.22. The fourth-order valence-corrected chi connectivity index (χ4v) is 2.68. The van der Waals surface area contributed by atoms with Crippen LogP contribution >= 0.6 is 15.9 Å². The first-order valence-electron chi connectivity index (χ1n) is 6.80. The number of halogens is 1. The molecule has 3 nitrogen and oxygen atoms in total. The van der Waals surface area contributed by atoms with E-state index in [1.165, 1.54) is 5.56 Å². The monoisotopic (exact) mass is 325 g/mol. The number of benzene rings is 1. The summed E-state index contributed by atoms with van der Waals surface area (Å²) in [6.45, 7) is 4.27. The van der Waals surface area contributed by atoms with Gasteiger partial charge in [-0.1, -0.05) is 28.1 Å². The first-order valence-corrected chi connectivity index (χ1v) is 7.92. The van der Waals surface area contributed by atoms with E-state index >= 15 is 0 Å². The molecule has 1 aliphatic rings. The number of amides is 1. The zero-order chi connectivity index (χ0) is 13.7. The summed E-state index contributed by atoms with van der Waals surface area (Å²) in [6, 6.07) is 7.78. The SMILES string of the molecule is CCN(CC1CCCO1)C(=O)c1ccc(CBr)cc1. The average molecular weight is 326 g/mol. The van der Waals surface area contributed by atoms with Crippen LogP contribution in [0.4, 0.5) is 0 Å². The maximum Gasteiger partial charge on any atom is 0.253 e. The van der Waals surface area contributed by atoms with Crippen LogP contribution < -0.4 is 0 Å². The van der Waals surface area contributed by atoms with E-state index in [2.05, 4.69) is 15.9 Å². The molecule has 0 spiro atoms. The molecule has 4 heteroatoms. The van der Waals surface area contributed by atoms with Gasteiger partial charge in [0, 0.05) is 30.6 Å². The van der Waals surface area contributed by atoms with Crippen molar-refractivity contribution in [3.63, 3.8) is 0 Å². The molecule has 1 heterocycles. The first kappa shape index (κ1) is 14.5. The Bertz CT molecular complexity index is 413. The summed E-state index contributed by atoms with van der Waals surface area (Å²) < 4.78 is 5.61. The molecular weight excluding hydrogens is 306 g/mol. The van der Waals surface area contributed by atoms with Crippen molar-refractivity contribution in [3.8, 4) is 0 Å². The summed E-state index contributed by atoms with van der Waals surface area (Å²) in [7, 11) is 0. The van der Waals surface area contributed by atoms with Crippen LogP contribution in [-0.2, 0) is 10.1 Å². The molecular formula is C15H20BrNO2. The first-order chi connectivity index (χ1) is 9.24. The molecule has 1 unspecified atom stereocenters. The number of hydrogen-bond acceptors (Lipinski definition) is 2. The number of ether oxygens (including phenoxy) is 1. The van der Waals surface area contributed by atoms with Crippen molar-refractivity contribution in [2.24, 2.45) is 0 Å². The van der Waals surface area contributed by atoms with Crippen molar-refractivity contribution < 1.29 is 9.53 Å². The lowest BCUT2D eigenvalue weighted by Crippen LogP contribution is -2.37. The van der Waals surface area contributed by atoms with Crippen LogP contribution in [0.25, 0.3) is 0 Å². The van der Waals surface area contributed by atoms with Gasteiger partial charge in [0.25, 0.3) is 5.91 Å². The fourth-order valence-electron chi connectivity index (χ4n) is 2.31. The summed E-state index contributed by atoms with van der Waals surface area (Å²) in [6.07, 6.45) is 2.38. The van der Waals surface area contributed by atoms with E-state index in [1.807, 2.05) is 36.1 Å². The van der Waals surface area contributed by atoms with Gasteiger partial charge in [0.1, 0.15) is 0 Å². The Labute approximate surface area is 123 Å². The second-order valence-electron chi connectivity index (χ2n) is 4.81. The molecule has 1 atom stereocenters. The lowest BCUT2D eigenvalue weighted by molar-refractivity contribution is 0.0539. The number of carbonyl (C=O) groups excluding carboxylic acids is 1. The minimum Gasteiger partial charge on any atom is -0.376 e. The number of likely N-dealkylation sites (N-methyl/N-ethyl adjacent to an activating group) is 1. The summed E-state index contributed by atoms with van der Waals surface area (Å²) in [5.74, 6) is 0.0964.